The molecular formula is C28H21F6N3O3. The molecule has 0 radical (unpaired) electrons. The summed E-state index contributed by atoms with van der Waals surface area (Å²) in [5.41, 5.74) is 1.10. The Labute approximate surface area is 223 Å². The number of aromatic nitrogens is 2. The Morgan fingerprint density at radius 3 is 2.17 bits per heavy atom. The number of halogens is 6. The third-order valence-corrected chi connectivity index (χ3v) is 6.07. The van der Waals surface area contributed by atoms with E-state index in [1.807, 2.05) is 5.32 Å². The molecule has 208 valence electrons. The Morgan fingerprint density at radius 1 is 0.875 bits per heavy atom. The van der Waals surface area contributed by atoms with Gasteiger partial charge in [0.15, 0.2) is 6.04 Å². The summed E-state index contributed by atoms with van der Waals surface area (Å²) in [4.78, 5) is 32.6. The maximum absolute atomic E-state index is 13.7. The van der Waals surface area contributed by atoms with E-state index in [0.29, 0.717) is 16.8 Å². The molecule has 4 aromatic rings. The standard InChI is InChI=1S/C28H21F6N3O3/c29-19-11-8-17(9-12-19)24(28(32,33)34)37-25(38)18-10-13-20-22(15-18)35-21(7-4-14-27(30,31)26(39)40)23(36-20)16-5-2-1-3-6-16/h1-3,5-6,8-13,15,24H,4,7,14H2,(H,37,38)(H,39,40). The number of hydrogen-bond acceptors (Lipinski definition) is 4. The van der Waals surface area contributed by atoms with E-state index in [0.717, 1.165) is 24.3 Å². The maximum atomic E-state index is 13.7. The molecule has 1 atom stereocenters. The molecule has 1 unspecified atom stereocenters. The van der Waals surface area contributed by atoms with E-state index >= 15 is 0 Å². The molecule has 40 heavy (non-hydrogen) atoms. The molecule has 1 amide bonds. The van der Waals surface area contributed by atoms with Crippen LogP contribution in [0.15, 0.2) is 72.8 Å². The third-order valence-electron chi connectivity index (χ3n) is 6.07. The first-order valence-electron chi connectivity index (χ1n) is 12.0. The molecule has 0 spiro atoms. The van der Waals surface area contributed by atoms with Crippen molar-refractivity contribution < 1.29 is 41.0 Å². The van der Waals surface area contributed by atoms with Crippen LogP contribution in [0.3, 0.4) is 0 Å². The van der Waals surface area contributed by atoms with Crippen LogP contribution >= 0.6 is 0 Å². The third kappa shape index (κ3) is 6.56. The molecule has 2 N–H and O–H groups in total. The fraction of sp³-hybridized carbons (Fsp3) is 0.214. The number of hydrogen-bond donors (Lipinski definition) is 2. The second-order valence-electron chi connectivity index (χ2n) is 8.95. The van der Waals surface area contributed by atoms with Crippen LogP contribution in [0.5, 0.6) is 0 Å². The topological polar surface area (TPSA) is 92.2 Å². The number of nitrogens with one attached hydrogen (secondary N) is 1. The Balaban J connectivity index is 1.67. The van der Waals surface area contributed by atoms with E-state index in [-0.39, 0.29) is 35.2 Å². The van der Waals surface area contributed by atoms with E-state index in [2.05, 4.69) is 9.97 Å². The molecule has 3 aromatic carbocycles. The fourth-order valence-electron chi connectivity index (χ4n) is 4.04. The number of carbonyl (C=O) groups excluding carboxylic acids is 1. The zero-order valence-electron chi connectivity index (χ0n) is 20.6. The minimum absolute atomic E-state index is 0.0762. The predicted octanol–water partition coefficient (Wildman–Crippen LogP) is 6.51. The number of aliphatic carboxylic acids is 1. The van der Waals surface area contributed by atoms with Crippen LogP contribution in [-0.4, -0.2) is 39.0 Å². The molecule has 0 bridgehead atoms. The second kappa shape index (κ2) is 11.3. The highest BCUT2D eigenvalue weighted by atomic mass is 19.4. The molecule has 6 nitrogen and oxygen atoms in total. The van der Waals surface area contributed by atoms with Gasteiger partial charge in [0.2, 0.25) is 0 Å². The normalized spacial score (nSPS) is 12.8. The van der Waals surface area contributed by atoms with E-state index in [4.69, 9.17) is 5.11 Å². The van der Waals surface area contributed by atoms with Crippen molar-refractivity contribution in [1.82, 2.24) is 15.3 Å². The van der Waals surface area contributed by atoms with Crippen molar-refractivity contribution >= 4 is 22.9 Å². The maximum Gasteiger partial charge on any atom is 0.412 e. The van der Waals surface area contributed by atoms with Crippen LogP contribution < -0.4 is 5.32 Å². The number of amides is 1. The highest BCUT2D eigenvalue weighted by molar-refractivity contribution is 5.97. The van der Waals surface area contributed by atoms with Crippen molar-refractivity contribution in [2.24, 2.45) is 0 Å². The van der Waals surface area contributed by atoms with Gasteiger partial charge in [-0.2, -0.15) is 22.0 Å². The van der Waals surface area contributed by atoms with Crippen molar-refractivity contribution in [3.05, 3.63) is 95.4 Å². The molecule has 0 saturated carbocycles. The molecule has 0 aliphatic carbocycles. The number of fused-ring (bicyclic) bond motifs is 1. The van der Waals surface area contributed by atoms with Gasteiger partial charge in [-0.1, -0.05) is 42.5 Å². The Morgan fingerprint density at radius 2 is 1.55 bits per heavy atom. The summed E-state index contributed by atoms with van der Waals surface area (Å²) in [5.74, 6) is -7.98. The fourth-order valence-corrected chi connectivity index (χ4v) is 4.04. The van der Waals surface area contributed by atoms with Crippen LogP contribution in [0.25, 0.3) is 22.3 Å². The number of benzene rings is 3. The summed E-state index contributed by atoms with van der Waals surface area (Å²) in [6, 6.07) is 13.7. The number of carbonyl (C=O) groups is 2. The highest BCUT2D eigenvalue weighted by Crippen LogP contribution is 2.33. The summed E-state index contributed by atoms with van der Waals surface area (Å²) in [5, 5.41) is 10.6. The molecule has 1 aromatic heterocycles. The summed E-state index contributed by atoms with van der Waals surface area (Å²) in [7, 11) is 0. The number of aryl methyl sites for hydroxylation is 1. The average molecular weight is 561 g/mol. The number of alkyl halides is 5. The van der Waals surface area contributed by atoms with Crippen molar-refractivity contribution in [3.63, 3.8) is 0 Å². The minimum Gasteiger partial charge on any atom is -0.477 e. The number of nitrogens with zero attached hydrogens (tertiary/aromatic N) is 2. The Hall–Kier alpha value is -4.48. The van der Waals surface area contributed by atoms with E-state index in [1.165, 1.54) is 18.2 Å². The van der Waals surface area contributed by atoms with Gasteiger partial charge in [-0.3, -0.25) is 4.79 Å². The molecule has 0 aliphatic rings. The van der Waals surface area contributed by atoms with E-state index < -0.39 is 42.3 Å². The lowest BCUT2D eigenvalue weighted by atomic mass is 10.0. The quantitative estimate of drug-likeness (QED) is 0.227. The zero-order chi connectivity index (χ0) is 29.1. The summed E-state index contributed by atoms with van der Waals surface area (Å²) in [6.07, 6.45) is -6.14. The lowest BCUT2D eigenvalue weighted by molar-refractivity contribution is -0.165. The van der Waals surface area contributed by atoms with Gasteiger partial charge in [-0.15, -0.1) is 0 Å². The van der Waals surface area contributed by atoms with Gasteiger partial charge in [-0.25, -0.2) is 19.2 Å². The predicted molar refractivity (Wildman–Crippen MR) is 133 cm³/mol. The van der Waals surface area contributed by atoms with Gasteiger partial charge in [-0.05, 0) is 48.7 Å². The largest absolute Gasteiger partial charge is 0.477 e. The Bertz CT molecular complexity index is 1530. The molecule has 0 aliphatic heterocycles. The van der Waals surface area contributed by atoms with Crippen molar-refractivity contribution in [3.8, 4) is 11.3 Å². The van der Waals surface area contributed by atoms with E-state index in [1.54, 1.807) is 30.3 Å². The Kier molecular flexibility index (Phi) is 8.08. The van der Waals surface area contributed by atoms with Crippen molar-refractivity contribution in [2.75, 3.05) is 0 Å². The van der Waals surface area contributed by atoms with Gasteiger partial charge in [0.25, 0.3) is 5.91 Å². The molecule has 12 heteroatoms. The van der Waals surface area contributed by atoms with Crippen LogP contribution in [-0.2, 0) is 11.2 Å². The van der Waals surface area contributed by atoms with E-state index in [9.17, 15) is 35.9 Å². The monoisotopic (exact) mass is 561 g/mol. The average Bonchev–Trinajstić information content (AvgIpc) is 2.91. The molecule has 0 saturated heterocycles. The second-order valence-corrected chi connectivity index (χ2v) is 8.95. The number of rotatable bonds is 9. The smallest absolute Gasteiger partial charge is 0.412 e. The summed E-state index contributed by atoms with van der Waals surface area (Å²) in [6.45, 7) is 0. The first-order valence-corrected chi connectivity index (χ1v) is 12.0. The summed E-state index contributed by atoms with van der Waals surface area (Å²) < 4.78 is 81.6. The first kappa shape index (κ1) is 28.5. The molecule has 4 rings (SSSR count). The minimum atomic E-state index is -4.88. The van der Waals surface area contributed by atoms with Gasteiger partial charge in [0.05, 0.1) is 22.4 Å². The number of carboxylic acids is 1. The van der Waals surface area contributed by atoms with Gasteiger partial charge in [0.1, 0.15) is 5.82 Å². The van der Waals surface area contributed by atoms with Gasteiger partial charge in [0, 0.05) is 17.5 Å². The summed E-state index contributed by atoms with van der Waals surface area (Å²) >= 11 is 0. The van der Waals surface area contributed by atoms with Crippen molar-refractivity contribution in [1.29, 1.82) is 0 Å². The highest BCUT2D eigenvalue weighted by Gasteiger charge is 2.42. The van der Waals surface area contributed by atoms with Crippen LogP contribution in [0, 0.1) is 5.82 Å². The zero-order valence-corrected chi connectivity index (χ0v) is 20.6. The lowest BCUT2D eigenvalue weighted by Gasteiger charge is -2.22. The van der Waals surface area contributed by atoms with Gasteiger partial charge >= 0.3 is 18.1 Å². The van der Waals surface area contributed by atoms with Crippen molar-refractivity contribution in [2.45, 2.75) is 37.4 Å². The molecular weight excluding hydrogens is 540 g/mol. The molecule has 0 fully saturated rings. The van der Waals surface area contributed by atoms with Crippen LogP contribution in [0.2, 0.25) is 0 Å². The first-order chi connectivity index (χ1) is 18.8. The molecule has 1 heterocycles. The van der Waals surface area contributed by atoms with Crippen LogP contribution in [0.1, 0.15) is 40.5 Å². The van der Waals surface area contributed by atoms with Crippen LogP contribution in [0.4, 0.5) is 26.3 Å². The van der Waals surface area contributed by atoms with Gasteiger partial charge < -0.3 is 10.4 Å². The SMILES string of the molecule is O=C(NC(c1ccc(F)cc1)C(F)(F)F)c1ccc2nc(-c3ccccc3)c(CCCC(F)(F)C(=O)O)nc2c1. The number of carboxylic acid groups (broad SMARTS) is 1. The lowest BCUT2D eigenvalue weighted by Crippen LogP contribution is -2.38.